The molecule has 0 radical (unpaired) electrons. The van der Waals surface area contributed by atoms with Crippen LogP contribution in [0.5, 0.6) is 5.75 Å². The van der Waals surface area contributed by atoms with Gasteiger partial charge in [-0.2, -0.15) is 0 Å². The van der Waals surface area contributed by atoms with Gasteiger partial charge in [-0.1, -0.05) is 6.92 Å². The number of benzene rings is 1. The molecule has 2 rings (SSSR count). The van der Waals surface area contributed by atoms with Crippen molar-refractivity contribution in [3.63, 3.8) is 0 Å². The predicted molar refractivity (Wildman–Crippen MR) is 103 cm³/mol. The molecule has 1 aliphatic rings. The molecule has 1 aromatic carbocycles. The van der Waals surface area contributed by atoms with Crippen LogP contribution in [0.15, 0.2) is 23.1 Å². The Labute approximate surface area is 165 Å². The molecule has 1 heterocycles. The molecule has 9 nitrogen and oxygen atoms in total. The third kappa shape index (κ3) is 5.14. The minimum absolute atomic E-state index is 0.0628. The Morgan fingerprint density at radius 2 is 1.68 bits per heavy atom. The van der Waals surface area contributed by atoms with Crippen molar-refractivity contribution in [2.24, 2.45) is 0 Å². The maximum atomic E-state index is 12.8. The van der Waals surface area contributed by atoms with Gasteiger partial charge >= 0.3 is 6.09 Å². The minimum atomic E-state index is -3.79. The summed E-state index contributed by atoms with van der Waals surface area (Å²) in [4.78, 5) is 27.7. The van der Waals surface area contributed by atoms with Crippen LogP contribution in [0.4, 0.5) is 4.79 Å². The number of piperazine rings is 1. The van der Waals surface area contributed by atoms with E-state index in [0.29, 0.717) is 39.4 Å². The number of amides is 2. The average Bonchev–Trinajstić information content (AvgIpc) is 2.68. The molecule has 0 atom stereocenters. The zero-order chi connectivity index (χ0) is 20.7. The van der Waals surface area contributed by atoms with Crippen LogP contribution in [0.1, 0.15) is 31.1 Å². The van der Waals surface area contributed by atoms with Crippen LogP contribution in [0.25, 0.3) is 0 Å². The summed E-state index contributed by atoms with van der Waals surface area (Å²) in [5, 5.41) is 0. The Hall–Kier alpha value is -2.33. The number of sulfonamides is 1. The first-order valence-electron chi connectivity index (χ1n) is 9.31. The number of rotatable bonds is 7. The fraction of sp³-hybridized carbons (Fsp3) is 0.556. The molecule has 0 bridgehead atoms. The van der Waals surface area contributed by atoms with Gasteiger partial charge in [0.1, 0.15) is 10.6 Å². The monoisotopic (exact) mass is 413 g/mol. The van der Waals surface area contributed by atoms with Crippen LogP contribution in [-0.4, -0.2) is 76.2 Å². The minimum Gasteiger partial charge on any atom is -0.492 e. The maximum Gasteiger partial charge on any atom is 0.409 e. The Balaban J connectivity index is 2.19. The fourth-order valence-electron chi connectivity index (χ4n) is 2.88. The average molecular weight is 413 g/mol. The Bertz CT molecular complexity index is 804. The number of nitrogens with zero attached hydrogens (tertiary/aromatic N) is 2. The molecule has 0 unspecified atom stereocenters. The highest BCUT2D eigenvalue weighted by molar-refractivity contribution is 7.89. The van der Waals surface area contributed by atoms with Gasteiger partial charge in [-0.15, -0.1) is 0 Å². The standard InChI is InChI=1S/C18H27N3O6S/c1-4-19-28(24,25)16-13-14(7-8-15(16)26-5-2)17(22)20-9-11-21(12-10-20)18(23)27-6-3/h7-8,13,19H,4-6,9-12H2,1-3H3. The summed E-state index contributed by atoms with van der Waals surface area (Å²) < 4.78 is 37.8. The topological polar surface area (TPSA) is 105 Å². The second kappa shape index (κ2) is 9.74. The number of hydrogen-bond donors (Lipinski definition) is 1. The Kier molecular flexibility index (Phi) is 7.64. The normalized spacial score (nSPS) is 14.7. The molecule has 1 aliphatic heterocycles. The number of carbonyl (C=O) groups is 2. The van der Waals surface area contributed by atoms with E-state index < -0.39 is 16.1 Å². The molecule has 0 aliphatic carbocycles. The fourth-order valence-corrected chi connectivity index (χ4v) is 4.09. The van der Waals surface area contributed by atoms with Crippen molar-refractivity contribution in [3.8, 4) is 5.75 Å². The molecule has 1 saturated heterocycles. The van der Waals surface area contributed by atoms with E-state index in [0.717, 1.165) is 0 Å². The second-order valence-corrected chi connectivity index (χ2v) is 7.81. The van der Waals surface area contributed by atoms with Crippen LogP contribution >= 0.6 is 0 Å². The molecule has 0 aromatic heterocycles. The van der Waals surface area contributed by atoms with Crippen LogP contribution < -0.4 is 9.46 Å². The largest absolute Gasteiger partial charge is 0.492 e. The van der Waals surface area contributed by atoms with Gasteiger partial charge in [-0.25, -0.2) is 17.9 Å². The van der Waals surface area contributed by atoms with Crippen LogP contribution in [-0.2, 0) is 14.8 Å². The quantitative estimate of drug-likeness (QED) is 0.722. The van der Waals surface area contributed by atoms with E-state index in [-0.39, 0.29) is 28.7 Å². The van der Waals surface area contributed by atoms with E-state index in [9.17, 15) is 18.0 Å². The molecular formula is C18H27N3O6S. The van der Waals surface area contributed by atoms with Crippen LogP contribution in [0, 0.1) is 0 Å². The van der Waals surface area contributed by atoms with Crippen molar-refractivity contribution in [2.45, 2.75) is 25.7 Å². The van der Waals surface area contributed by atoms with E-state index in [2.05, 4.69) is 4.72 Å². The summed E-state index contributed by atoms with van der Waals surface area (Å²) in [7, 11) is -3.79. The predicted octanol–water partition coefficient (Wildman–Crippen LogP) is 1.30. The Morgan fingerprint density at radius 3 is 2.25 bits per heavy atom. The van der Waals surface area contributed by atoms with Crippen molar-refractivity contribution < 1.29 is 27.5 Å². The van der Waals surface area contributed by atoms with Crippen LogP contribution in [0.3, 0.4) is 0 Å². The lowest BCUT2D eigenvalue weighted by atomic mass is 10.1. The molecule has 156 valence electrons. The SMILES string of the molecule is CCNS(=O)(=O)c1cc(C(=O)N2CCN(C(=O)OCC)CC2)ccc1OCC. The van der Waals surface area contributed by atoms with Gasteiger partial charge in [0, 0.05) is 38.3 Å². The van der Waals surface area contributed by atoms with E-state index in [1.807, 2.05) is 0 Å². The van der Waals surface area contributed by atoms with Crippen molar-refractivity contribution in [3.05, 3.63) is 23.8 Å². The highest BCUT2D eigenvalue weighted by atomic mass is 32.2. The number of carbonyl (C=O) groups excluding carboxylic acids is 2. The van der Waals surface area contributed by atoms with Crippen molar-refractivity contribution >= 4 is 22.0 Å². The van der Waals surface area contributed by atoms with E-state index in [1.165, 1.54) is 12.1 Å². The van der Waals surface area contributed by atoms with Gasteiger partial charge in [0.05, 0.1) is 13.2 Å². The molecule has 10 heteroatoms. The van der Waals surface area contributed by atoms with Gasteiger partial charge in [0.25, 0.3) is 5.91 Å². The third-order valence-electron chi connectivity index (χ3n) is 4.21. The lowest BCUT2D eigenvalue weighted by Gasteiger charge is -2.34. The third-order valence-corrected chi connectivity index (χ3v) is 5.77. The number of nitrogens with one attached hydrogen (secondary N) is 1. The summed E-state index contributed by atoms with van der Waals surface area (Å²) in [5.41, 5.74) is 0.254. The smallest absolute Gasteiger partial charge is 0.409 e. The highest BCUT2D eigenvalue weighted by Gasteiger charge is 2.27. The van der Waals surface area contributed by atoms with Crippen molar-refractivity contribution in [1.82, 2.24) is 14.5 Å². The number of ether oxygens (including phenoxy) is 2. The van der Waals surface area contributed by atoms with Crippen molar-refractivity contribution in [1.29, 1.82) is 0 Å². The molecule has 2 amide bonds. The molecular weight excluding hydrogens is 386 g/mol. The molecule has 0 saturated carbocycles. The van der Waals surface area contributed by atoms with Crippen LogP contribution in [0.2, 0.25) is 0 Å². The van der Waals surface area contributed by atoms with E-state index >= 15 is 0 Å². The lowest BCUT2D eigenvalue weighted by molar-refractivity contribution is 0.0570. The lowest BCUT2D eigenvalue weighted by Crippen LogP contribution is -2.50. The van der Waals surface area contributed by atoms with Gasteiger partial charge in [-0.3, -0.25) is 4.79 Å². The Morgan fingerprint density at radius 1 is 1.04 bits per heavy atom. The van der Waals surface area contributed by atoms with E-state index in [4.69, 9.17) is 9.47 Å². The zero-order valence-electron chi connectivity index (χ0n) is 16.4. The first-order valence-corrected chi connectivity index (χ1v) is 10.8. The molecule has 0 spiro atoms. The first-order chi connectivity index (χ1) is 13.3. The first kappa shape index (κ1) is 22.0. The van der Waals surface area contributed by atoms with Gasteiger partial charge in [0.2, 0.25) is 10.0 Å². The number of hydrogen-bond acceptors (Lipinski definition) is 6. The zero-order valence-corrected chi connectivity index (χ0v) is 17.3. The molecule has 28 heavy (non-hydrogen) atoms. The summed E-state index contributed by atoms with van der Waals surface area (Å²) in [6, 6.07) is 4.38. The molecule has 1 fully saturated rings. The molecule has 1 N–H and O–H groups in total. The second-order valence-electron chi connectivity index (χ2n) is 6.07. The molecule has 1 aromatic rings. The van der Waals surface area contributed by atoms with E-state index in [1.54, 1.807) is 36.6 Å². The summed E-state index contributed by atoms with van der Waals surface area (Å²) in [5.74, 6) is -0.0911. The van der Waals surface area contributed by atoms with Crippen molar-refractivity contribution in [2.75, 3.05) is 45.9 Å². The highest BCUT2D eigenvalue weighted by Crippen LogP contribution is 2.26. The summed E-state index contributed by atoms with van der Waals surface area (Å²) in [6.07, 6.45) is -0.394. The summed E-state index contributed by atoms with van der Waals surface area (Å²) in [6.45, 7) is 7.42. The maximum absolute atomic E-state index is 12.8. The van der Waals surface area contributed by atoms with Gasteiger partial charge < -0.3 is 19.3 Å². The van der Waals surface area contributed by atoms with Gasteiger partial charge in [-0.05, 0) is 32.0 Å². The van der Waals surface area contributed by atoms with Gasteiger partial charge in [0.15, 0.2) is 0 Å². The summed E-state index contributed by atoms with van der Waals surface area (Å²) >= 11 is 0.